The molecular formula is C9H8Cl2O3. The quantitative estimate of drug-likeness (QED) is 0.595. The van der Waals surface area contributed by atoms with Gasteiger partial charge in [0.15, 0.2) is 5.75 Å². The van der Waals surface area contributed by atoms with E-state index in [1.807, 2.05) is 0 Å². The molecule has 0 unspecified atom stereocenters. The lowest BCUT2D eigenvalue weighted by Gasteiger charge is -2.04. The smallest absolute Gasteiger partial charge is 0.285 e. The molecule has 76 valence electrons. The van der Waals surface area contributed by atoms with E-state index in [1.165, 1.54) is 12.1 Å². The Hall–Kier alpha value is -0.930. The Morgan fingerprint density at radius 3 is 2.71 bits per heavy atom. The Bertz CT molecular complexity index is 339. The van der Waals surface area contributed by atoms with E-state index >= 15 is 0 Å². The highest BCUT2D eigenvalue weighted by atomic mass is 35.5. The molecule has 0 aliphatic rings. The van der Waals surface area contributed by atoms with Crippen molar-refractivity contribution < 1.29 is 14.6 Å². The summed E-state index contributed by atoms with van der Waals surface area (Å²) in [5.41, 5.74) is 0. The summed E-state index contributed by atoms with van der Waals surface area (Å²) >= 11 is 11.4. The van der Waals surface area contributed by atoms with Crippen LogP contribution in [0.1, 0.15) is 13.3 Å². The fourth-order valence-electron chi connectivity index (χ4n) is 0.693. The monoisotopic (exact) mass is 234 g/mol. The number of carbonyl (C=O) groups is 1. The molecule has 1 aromatic carbocycles. The number of rotatable bonds is 3. The first-order valence-electron chi connectivity index (χ1n) is 3.96. The molecule has 5 heteroatoms. The van der Waals surface area contributed by atoms with Gasteiger partial charge in [0.1, 0.15) is 0 Å². The van der Waals surface area contributed by atoms with Crippen LogP contribution in [0, 0.1) is 0 Å². The highest BCUT2D eigenvalue weighted by Crippen LogP contribution is 2.27. The van der Waals surface area contributed by atoms with Gasteiger partial charge >= 0.3 is 5.97 Å². The lowest BCUT2D eigenvalue weighted by molar-refractivity contribution is -0.213. The number of hydrogen-bond acceptors (Lipinski definition) is 3. The highest BCUT2D eigenvalue weighted by Gasteiger charge is 2.06. The minimum atomic E-state index is -0.462. The van der Waals surface area contributed by atoms with Gasteiger partial charge in [-0.3, -0.25) is 9.78 Å². The molecule has 0 fully saturated rings. The number of halogens is 2. The SMILES string of the molecule is CCC(=O)OOc1ccc(Cl)cc1Cl. The number of carbonyl (C=O) groups excluding carboxylic acids is 1. The first-order chi connectivity index (χ1) is 6.63. The van der Waals surface area contributed by atoms with Crippen LogP contribution in [0.2, 0.25) is 10.0 Å². The van der Waals surface area contributed by atoms with E-state index in [-0.39, 0.29) is 12.2 Å². The standard InChI is InChI=1S/C9H8Cl2O3/c1-2-9(12)14-13-8-4-3-6(10)5-7(8)11/h3-5H,2H2,1H3. The van der Waals surface area contributed by atoms with Crippen molar-refractivity contribution in [3.63, 3.8) is 0 Å². The van der Waals surface area contributed by atoms with Crippen LogP contribution in [0.4, 0.5) is 0 Å². The van der Waals surface area contributed by atoms with Gasteiger partial charge in [-0.1, -0.05) is 30.1 Å². The van der Waals surface area contributed by atoms with E-state index < -0.39 is 5.97 Å². The summed E-state index contributed by atoms with van der Waals surface area (Å²) in [5, 5.41) is 0.783. The van der Waals surface area contributed by atoms with Gasteiger partial charge in [0.2, 0.25) is 0 Å². The molecule has 0 saturated carbocycles. The summed E-state index contributed by atoms with van der Waals surface area (Å²) in [7, 11) is 0. The second-order valence-corrected chi connectivity index (χ2v) is 3.31. The van der Waals surface area contributed by atoms with Gasteiger partial charge in [0.05, 0.1) is 5.02 Å². The zero-order chi connectivity index (χ0) is 10.6. The molecule has 1 rings (SSSR count). The summed E-state index contributed by atoms with van der Waals surface area (Å²) in [6.45, 7) is 1.66. The molecule has 0 spiro atoms. The van der Waals surface area contributed by atoms with E-state index in [2.05, 4.69) is 4.89 Å². The second kappa shape index (κ2) is 5.08. The van der Waals surface area contributed by atoms with Crippen molar-refractivity contribution in [1.82, 2.24) is 0 Å². The van der Waals surface area contributed by atoms with Crippen LogP contribution in [0.3, 0.4) is 0 Å². The zero-order valence-electron chi connectivity index (χ0n) is 7.42. The number of benzene rings is 1. The molecule has 14 heavy (non-hydrogen) atoms. The highest BCUT2D eigenvalue weighted by molar-refractivity contribution is 6.35. The lowest BCUT2D eigenvalue weighted by atomic mass is 10.3. The lowest BCUT2D eigenvalue weighted by Crippen LogP contribution is -2.06. The Labute approximate surface area is 91.5 Å². The van der Waals surface area contributed by atoms with E-state index in [9.17, 15) is 4.79 Å². The van der Waals surface area contributed by atoms with Crippen molar-refractivity contribution in [2.45, 2.75) is 13.3 Å². The maximum absolute atomic E-state index is 10.7. The average molecular weight is 235 g/mol. The van der Waals surface area contributed by atoms with Crippen LogP contribution in [0.25, 0.3) is 0 Å². The Balaban J connectivity index is 2.63. The molecule has 3 nitrogen and oxygen atoms in total. The molecule has 0 aliphatic carbocycles. The van der Waals surface area contributed by atoms with Crippen LogP contribution in [0.15, 0.2) is 18.2 Å². The molecule has 0 bridgehead atoms. The van der Waals surface area contributed by atoms with Crippen LogP contribution >= 0.6 is 23.2 Å². The molecule has 0 saturated heterocycles. The Morgan fingerprint density at radius 1 is 1.43 bits per heavy atom. The van der Waals surface area contributed by atoms with E-state index in [1.54, 1.807) is 13.0 Å². The Kier molecular flexibility index (Phi) is 4.04. The Morgan fingerprint density at radius 2 is 2.14 bits per heavy atom. The molecule has 0 N–H and O–H groups in total. The minimum Gasteiger partial charge on any atom is -0.285 e. The van der Waals surface area contributed by atoms with Gasteiger partial charge in [-0.15, -0.1) is 0 Å². The first kappa shape index (κ1) is 11.1. The van der Waals surface area contributed by atoms with Crippen molar-refractivity contribution in [3.05, 3.63) is 28.2 Å². The summed E-state index contributed by atoms with van der Waals surface area (Å²) in [5.74, 6) is -0.200. The summed E-state index contributed by atoms with van der Waals surface area (Å²) < 4.78 is 0. The van der Waals surface area contributed by atoms with Gasteiger partial charge in [-0.2, -0.15) is 0 Å². The van der Waals surface area contributed by atoms with Crippen molar-refractivity contribution in [3.8, 4) is 5.75 Å². The zero-order valence-corrected chi connectivity index (χ0v) is 8.93. The van der Waals surface area contributed by atoms with Gasteiger partial charge in [-0.05, 0) is 18.2 Å². The third-order valence-corrected chi connectivity index (χ3v) is 1.94. The van der Waals surface area contributed by atoms with Crippen LogP contribution in [0.5, 0.6) is 5.75 Å². The molecule has 1 aromatic rings. The van der Waals surface area contributed by atoms with Gasteiger partial charge in [-0.25, -0.2) is 4.79 Å². The normalized spacial score (nSPS) is 9.64. The average Bonchev–Trinajstić information content (AvgIpc) is 2.16. The van der Waals surface area contributed by atoms with Gasteiger partial charge < -0.3 is 0 Å². The third-order valence-electron chi connectivity index (χ3n) is 1.41. The minimum absolute atomic E-state index is 0.241. The topological polar surface area (TPSA) is 35.5 Å². The first-order valence-corrected chi connectivity index (χ1v) is 4.71. The summed E-state index contributed by atoms with van der Waals surface area (Å²) in [6, 6.07) is 4.61. The van der Waals surface area contributed by atoms with E-state index in [4.69, 9.17) is 28.1 Å². The predicted molar refractivity (Wildman–Crippen MR) is 53.5 cm³/mol. The van der Waals surface area contributed by atoms with Crippen LogP contribution in [-0.2, 0) is 9.68 Å². The molecule has 0 amide bonds. The molecule has 0 atom stereocenters. The fourth-order valence-corrected chi connectivity index (χ4v) is 1.13. The van der Waals surface area contributed by atoms with E-state index in [0.717, 1.165) is 0 Å². The number of hydrogen-bond donors (Lipinski definition) is 0. The van der Waals surface area contributed by atoms with Crippen molar-refractivity contribution in [2.75, 3.05) is 0 Å². The fraction of sp³-hybridized carbons (Fsp3) is 0.222. The van der Waals surface area contributed by atoms with Crippen LogP contribution < -0.4 is 4.89 Å². The molecule has 0 aliphatic heterocycles. The molecule has 0 heterocycles. The van der Waals surface area contributed by atoms with Gasteiger partial charge in [0, 0.05) is 11.4 Å². The molecule has 0 radical (unpaired) electrons. The van der Waals surface area contributed by atoms with Crippen molar-refractivity contribution in [1.29, 1.82) is 0 Å². The maximum atomic E-state index is 10.7. The maximum Gasteiger partial charge on any atom is 0.355 e. The van der Waals surface area contributed by atoms with E-state index in [0.29, 0.717) is 10.0 Å². The van der Waals surface area contributed by atoms with Crippen LogP contribution in [-0.4, -0.2) is 5.97 Å². The summed E-state index contributed by atoms with van der Waals surface area (Å²) in [6.07, 6.45) is 0.241. The largest absolute Gasteiger partial charge is 0.355 e. The second-order valence-electron chi connectivity index (χ2n) is 2.47. The predicted octanol–water partition coefficient (Wildman–Crippen LogP) is 3.24. The van der Waals surface area contributed by atoms with Crippen molar-refractivity contribution in [2.24, 2.45) is 0 Å². The van der Waals surface area contributed by atoms with Gasteiger partial charge in [0.25, 0.3) is 0 Å². The molecule has 0 aromatic heterocycles. The summed E-state index contributed by atoms with van der Waals surface area (Å²) in [4.78, 5) is 19.9. The third kappa shape index (κ3) is 3.09. The van der Waals surface area contributed by atoms with Crippen molar-refractivity contribution >= 4 is 29.2 Å². The molecular weight excluding hydrogens is 227 g/mol.